The second kappa shape index (κ2) is 12.8. The summed E-state index contributed by atoms with van der Waals surface area (Å²) in [6, 6.07) is 16.2. The molecule has 1 aliphatic rings. The Balaban J connectivity index is 1.62. The smallest absolute Gasteiger partial charge is 0.481 e. The third kappa shape index (κ3) is 8.50. The van der Waals surface area contributed by atoms with Gasteiger partial charge in [-0.2, -0.15) is 13.2 Å². The highest BCUT2D eigenvalue weighted by Gasteiger charge is 2.32. The molecule has 42 heavy (non-hydrogen) atoms. The van der Waals surface area contributed by atoms with Crippen molar-refractivity contribution in [3.05, 3.63) is 89.0 Å². The normalized spacial score (nSPS) is 17.3. The lowest BCUT2D eigenvalue weighted by molar-refractivity contribution is -0.274. The number of hydrogen-bond donors (Lipinski definition) is 1. The molecule has 3 aromatic carbocycles. The van der Waals surface area contributed by atoms with Gasteiger partial charge in [-0.25, -0.2) is 0 Å². The fraction of sp³-hybridized carbons (Fsp3) is 0.406. The molecule has 1 aliphatic heterocycles. The van der Waals surface area contributed by atoms with Crippen molar-refractivity contribution in [1.29, 1.82) is 0 Å². The van der Waals surface area contributed by atoms with Gasteiger partial charge in [0, 0.05) is 13.1 Å². The Morgan fingerprint density at radius 2 is 1.62 bits per heavy atom. The number of benzene rings is 3. The van der Waals surface area contributed by atoms with Crippen LogP contribution in [0.15, 0.2) is 66.7 Å². The number of carboxylic acids is 1. The summed E-state index contributed by atoms with van der Waals surface area (Å²) < 4.78 is 80.9. The lowest BCUT2D eigenvalue weighted by Crippen LogP contribution is -2.34. The van der Waals surface area contributed by atoms with Crippen LogP contribution in [0.1, 0.15) is 67.2 Å². The van der Waals surface area contributed by atoms with Crippen LogP contribution in [0.25, 0.3) is 11.1 Å². The molecule has 0 aromatic heterocycles. The van der Waals surface area contributed by atoms with E-state index in [4.69, 9.17) is 0 Å². The zero-order chi connectivity index (χ0) is 30.7. The van der Waals surface area contributed by atoms with E-state index >= 15 is 0 Å². The molecule has 0 spiro atoms. The molecule has 2 unspecified atom stereocenters. The first kappa shape index (κ1) is 31.4. The van der Waals surface area contributed by atoms with Crippen molar-refractivity contribution in [2.45, 2.75) is 64.0 Å². The van der Waals surface area contributed by atoms with Crippen molar-refractivity contribution in [1.82, 2.24) is 4.90 Å². The summed E-state index contributed by atoms with van der Waals surface area (Å²) in [4.78, 5) is 14.5. The molecule has 1 N–H and O–H groups in total. The maximum absolute atomic E-state index is 13.2. The Hall–Kier alpha value is -3.53. The van der Waals surface area contributed by atoms with Crippen molar-refractivity contribution in [3.63, 3.8) is 0 Å². The number of ether oxygens (including phenoxy) is 1. The molecule has 226 valence electrons. The van der Waals surface area contributed by atoms with E-state index in [1.54, 1.807) is 18.2 Å². The number of halogens is 6. The van der Waals surface area contributed by atoms with E-state index in [1.807, 2.05) is 26.0 Å². The number of carbonyl (C=O) groups is 1. The van der Waals surface area contributed by atoms with Gasteiger partial charge in [0.2, 0.25) is 0 Å². The molecule has 4 rings (SSSR count). The lowest BCUT2D eigenvalue weighted by Gasteiger charge is -2.33. The molecular weight excluding hydrogens is 560 g/mol. The standard InChI is InChI=1S/C32H33F6NO3/c1-20(2)14-29(30(40)41)26-16-24(22-7-9-27(10-8-22)31(33,34)35)15-25(17-26)23-4-3-13-39(19-23)18-21-5-11-28(12-6-21)42-32(36,37)38/h5-12,15-17,20,23,29H,3-4,13-14,18-19H2,1-2H3,(H,40,41). The van der Waals surface area contributed by atoms with Crippen molar-refractivity contribution in [3.8, 4) is 16.9 Å². The van der Waals surface area contributed by atoms with Crippen LogP contribution in [0.3, 0.4) is 0 Å². The van der Waals surface area contributed by atoms with Crippen molar-refractivity contribution >= 4 is 5.97 Å². The predicted octanol–water partition coefficient (Wildman–Crippen LogP) is 8.86. The predicted molar refractivity (Wildman–Crippen MR) is 147 cm³/mol. The summed E-state index contributed by atoms with van der Waals surface area (Å²) in [5.41, 5.74) is 2.81. The van der Waals surface area contributed by atoms with Gasteiger partial charge in [0.25, 0.3) is 0 Å². The van der Waals surface area contributed by atoms with Crippen LogP contribution in [0, 0.1) is 5.92 Å². The van der Waals surface area contributed by atoms with E-state index in [1.165, 1.54) is 24.3 Å². The first-order valence-corrected chi connectivity index (χ1v) is 13.8. The van der Waals surface area contributed by atoms with E-state index in [0.29, 0.717) is 36.2 Å². The van der Waals surface area contributed by atoms with Crippen LogP contribution in [-0.4, -0.2) is 35.4 Å². The number of aliphatic carboxylic acids is 1. The zero-order valence-electron chi connectivity index (χ0n) is 23.3. The average molecular weight is 594 g/mol. The van der Waals surface area contributed by atoms with Crippen molar-refractivity contribution in [2.24, 2.45) is 5.92 Å². The fourth-order valence-electron chi connectivity index (χ4n) is 5.51. The maximum atomic E-state index is 13.2. The minimum atomic E-state index is -4.76. The van der Waals surface area contributed by atoms with Gasteiger partial charge in [-0.1, -0.05) is 56.3 Å². The fourth-order valence-corrected chi connectivity index (χ4v) is 5.51. The Kier molecular flexibility index (Phi) is 9.55. The highest BCUT2D eigenvalue weighted by Crippen LogP contribution is 2.37. The Bertz CT molecular complexity index is 1350. The van der Waals surface area contributed by atoms with Gasteiger partial charge >= 0.3 is 18.5 Å². The maximum Gasteiger partial charge on any atom is 0.573 e. The number of rotatable bonds is 9. The second-order valence-electron chi connectivity index (χ2n) is 11.2. The Morgan fingerprint density at radius 3 is 2.19 bits per heavy atom. The molecule has 1 saturated heterocycles. The largest absolute Gasteiger partial charge is 0.573 e. The SMILES string of the molecule is CC(C)CC(C(=O)O)c1cc(-c2ccc(C(F)(F)F)cc2)cc(C2CCCN(Cc3ccc(OC(F)(F)F)cc3)C2)c1. The summed E-state index contributed by atoms with van der Waals surface area (Å²) >= 11 is 0. The number of likely N-dealkylation sites (tertiary alicyclic amines) is 1. The third-order valence-corrected chi connectivity index (χ3v) is 7.47. The molecule has 0 aliphatic carbocycles. The van der Waals surface area contributed by atoms with E-state index in [0.717, 1.165) is 42.6 Å². The highest BCUT2D eigenvalue weighted by atomic mass is 19.4. The third-order valence-electron chi connectivity index (χ3n) is 7.47. The van der Waals surface area contributed by atoms with Crippen molar-refractivity contribution < 1.29 is 41.0 Å². The number of nitrogens with zero attached hydrogens (tertiary/aromatic N) is 1. The van der Waals surface area contributed by atoms with Gasteiger partial charge in [0.1, 0.15) is 5.75 Å². The van der Waals surface area contributed by atoms with Gasteiger partial charge in [-0.3, -0.25) is 9.69 Å². The van der Waals surface area contributed by atoms with E-state index in [2.05, 4.69) is 9.64 Å². The first-order valence-electron chi connectivity index (χ1n) is 13.8. The molecular formula is C32H33F6NO3. The van der Waals surface area contributed by atoms with E-state index in [-0.39, 0.29) is 17.6 Å². The van der Waals surface area contributed by atoms with Crippen LogP contribution in [0.5, 0.6) is 5.75 Å². The van der Waals surface area contributed by atoms with Gasteiger partial charge in [0.15, 0.2) is 0 Å². The Labute approximate surface area is 240 Å². The number of carboxylic acid groups (broad SMARTS) is 1. The highest BCUT2D eigenvalue weighted by molar-refractivity contribution is 5.78. The molecule has 1 fully saturated rings. The monoisotopic (exact) mass is 593 g/mol. The molecule has 4 nitrogen and oxygen atoms in total. The lowest BCUT2D eigenvalue weighted by atomic mass is 9.83. The first-order chi connectivity index (χ1) is 19.7. The Morgan fingerprint density at radius 1 is 0.952 bits per heavy atom. The number of alkyl halides is 6. The molecule has 0 radical (unpaired) electrons. The van der Waals surface area contributed by atoms with E-state index in [9.17, 15) is 36.2 Å². The van der Waals surface area contributed by atoms with E-state index < -0.39 is 30.0 Å². The minimum Gasteiger partial charge on any atom is -0.481 e. The van der Waals surface area contributed by atoms with Crippen LogP contribution in [-0.2, 0) is 17.5 Å². The zero-order valence-corrected chi connectivity index (χ0v) is 23.3. The molecule has 0 bridgehead atoms. The van der Waals surface area contributed by atoms with Crippen LogP contribution in [0.2, 0.25) is 0 Å². The second-order valence-corrected chi connectivity index (χ2v) is 11.2. The average Bonchev–Trinajstić information content (AvgIpc) is 2.91. The van der Waals surface area contributed by atoms with Crippen LogP contribution >= 0.6 is 0 Å². The number of piperidine rings is 1. The van der Waals surface area contributed by atoms with Gasteiger partial charge in [-0.05, 0) is 89.7 Å². The molecule has 0 saturated carbocycles. The quantitative estimate of drug-likeness (QED) is 0.252. The van der Waals surface area contributed by atoms with Gasteiger partial charge in [0.05, 0.1) is 11.5 Å². The molecule has 0 amide bonds. The topological polar surface area (TPSA) is 49.8 Å². The summed E-state index contributed by atoms with van der Waals surface area (Å²) in [6.45, 7) is 5.82. The summed E-state index contributed by atoms with van der Waals surface area (Å²) in [5.74, 6) is -1.86. The summed E-state index contributed by atoms with van der Waals surface area (Å²) in [6.07, 6.45) is -7.12. The molecule has 1 heterocycles. The molecule has 2 atom stereocenters. The molecule has 3 aromatic rings. The van der Waals surface area contributed by atoms with Gasteiger partial charge in [-0.15, -0.1) is 13.2 Å². The van der Waals surface area contributed by atoms with Crippen LogP contribution < -0.4 is 4.74 Å². The minimum absolute atomic E-state index is 0.0354. The van der Waals surface area contributed by atoms with Crippen LogP contribution in [0.4, 0.5) is 26.3 Å². The number of hydrogen-bond acceptors (Lipinski definition) is 3. The van der Waals surface area contributed by atoms with Gasteiger partial charge < -0.3 is 9.84 Å². The summed E-state index contributed by atoms with van der Waals surface area (Å²) in [7, 11) is 0. The van der Waals surface area contributed by atoms with Crippen molar-refractivity contribution in [2.75, 3.05) is 13.1 Å². The summed E-state index contributed by atoms with van der Waals surface area (Å²) in [5, 5.41) is 10.0. The molecule has 10 heteroatoms.